The van der Waals surface area contributed by atoms with Crippen LogP contribution >= 0.6 is 11.3 Å². The van der Waals surface area contributed by atoms with Gasteiger partial charge in [0.05, 0.1) is 35.6 Å². The third kappa shape index (κ3) is 6.03. The Morgan fingerprint density at radius 1 is 1.02 bits per heavy atom. The lowest BCUT2D eigenvalue weighted by atomic mass is 9.95. The molecule has 9 nitrogen and oxygen atoms in total. The van der Waals surface area contributed by atoms with Crippen LogP contribution in [0, 0.1) is 0 Å². The van der Waals surface area contributed by atoms with Gasteiger partial charge in [0.1, 0.15) is 0 Å². The minimum atomic E-state index is -0.665. The van der Waals surface area contributed by atoms with Gasteiger partial charge in [-0.15, -0.1) is 0 Å². The molecule has 1 N–H and O–H groups in total. The topological polar surface area (TPSA) is 108 Å². The van der Waals surface area contributed by atoms with Crippen LogP contribution in [0.1, 0.15) is 31.0 Å². The quantitative estimate of drug-likeness (QED) is 0.300. The molecule has 42 heavy (non-hydrogen) atoms. The maximum Gasteiger partial charge on any atom is 0.344 e. The predicted molar refractivity (Wildman–Crippen MR) is 160 cm³/mol. The fourth-order valence-corrected chi connectivity index (χ4v) is 5.71. The van der Waals surface area contributed by atoms with Gasteiger partial charge in [-0.05, 0) is 55.3 Å². The maximum atomic E-state index is 13.9. The summed E-state index contributed by atoms with van der Waals surface area (Å²) in [5, 5.41) is 2.95. The zero-order valence-corrected chi connectivity index (χ0v) is 24.1. The van der Waals surface area contributed by atoms with Gasteiger partial charge >= 0.3 is 5.97 Å². The van der Waals surface area contributed by atoms with Crippen molar-refractivity contribution in [1.29, 1.82) is 0 Å². The lowest BCUT2D eigenvalue weighted by molar-refractivity contribution is -0.145. The number of thiazole rings is 1. The van der Waals surface area contributed by atoms with Gasteiger partial charge in [0.15, 0.2) is 22.9 Å². The summed E-state index contributed by atoms with van der Waals surface area (Å²) >= 11 is 1.24. The summed E-state index contributed by atoms with van der Waals surface area (Å²) in [6, 6.07) is 23.1. The van der Waals surface area contributed by atoms with Crippen molar-refractivity contribution >= 4 is 35.0 Å². The highest BCUT2D eigenvalue weighted by Gasteiger charge is 2.32. The standard InChI is InChI=1S/C32H29N3O6S/c1-4-40-27(36)19-41-24-16-15-21(17-25(24)39-3)18-26-31(38)35-29(22-11-7-5-8-12-22)28(20(2)33-32(35)42-26)30(37)34-23-13-9-6-10-14-23/h5-18,29H,4,19H2,1-3H3,(H,34,37)/b26-18-/t29-/m1/s1. The van der Waals surface area contributed by atoms with E-state index in [0.29, 0.717) is 43.4 Å². The third-order valence-electron chi connectivity index (χ3n) is 6.55. The van der Waals surface area contributed by atoms with Gasteiger partial charge in [-0.1, -0.05) is 65.9 Å². The smallest absolute Gasteiger partial charge is 0.344 e. The van der Waals surface area contributed by atoms with E-state index in [1.807, 2.05) is 60.7 Å². The lowest BCUT2D eigenvalue weighted by Crippen LogP contribution is -2.40. The summed E-state index contributed by atoms with van der Waals surface area (Å²) in [6.45, 7) is 3.52. The summed E-state index contributed by atoms with van der Waals surface area (Å²) < 4.78 is 17.9. The Balaban J connectivity index is 1.54. The van der Waals surface area contributed by atoms with Gasteiger partial charge in [0, 0.05) is 5.69 Å². The van der Waals surface area contributed by atoms with Crippen molar-refractivity contribution in [2.24, 2.45) is 4.99 Å². The molecule has 0 saturated carbocycles. The molecule has 1 amide bonds. The van der Waals surface area contributed by atoms with Crippen molar-refractivity contribution in [3.05, 3.63) is 121 Å². The van der Waals surface area contributed by atoms with Crippen molar-refractivity contribution in [2.75, 3.05) is 25.6 Å². The van der Waals surface area contributed by atoms with E-state index >= 15 is 0 Å². The van der Waals surface area contributed by atoms with Gasteiger partial charge in [0.25, 0.3) is 11.5 Å². The minimum absolute atomic E-state index is 0.249. The largest absolute Gasteiger partial charge is 0.493 e. The summed E-state index contributed by atoms with van der Waals surface area (Å²) in [7, 11) is 1.49. The highest BCUT2D eigenvalue weighted by atomic mass is 32.1. The fourth-order valence-electron chi connectivity index (χ4n) is 4.67. The second-order valence-corrected chi connectivity index (χ2v) is 10.3. The van der Waals surface area contributed by atoms with Crippen LogP contribution < -0.4 is 29.7 Å². The number of hydrogen-bond donors (Lipinski definition) is 1. The zero-order valence-electron chi connectivity index (χ0n) is 23.3. The van der Waals surface area contributed by atoms with E-state index in [1.54, 1.807) is 42.7 Å². The van der Waals surface area contributed by atoms with Crippen molar-refractivity contribution in [1.82, 2.24) is 4.57 Å². The van der Waals surface area contributed by atoms with E-state index in [0.717, 1.165) is 5.56 Å². The van der Waals surface area contributed by atoms with E-state index in [2.05, 4.69) is 10.3 Å². The number of benzene rings is 3. The second kappa shape index (κ2) is 12.7. The number of methoxy groups -OCH3 is 1. The molecule has 0 unspecified atom stereocenters. The van der Waals surface area contributed by atoms with Gasteiger partial charge in [-0.25, -0.2) is 9.79 Å². The Morgan fingerprint density at radius 3 is 2.43 bits per heavy atom. The van der Waals surface area contributed by atoms with Crippen LogP contribution in [0.2, 0.25) is 0 Å². The monoisotopic (exact) mass is 583 g/mol. The number of allylic oxidation sites excluding steroid dienone is 1. The van der Waals surface area contributed by atoms with E-state index in [-0.39, 0.29) is 24.7 Å². The third-order valence-corrected chi connectivity index (χ3v) is 7.53. The molecule has 0 fully saturated rings. The molecule has 0 aliphatic carbocycles. The van der Waals surface area contributed by atoms with Gasteiger partial charge in [0.2, 0.25) is 0 Å². The number of carbonyl (C=O) groups is 2. The molecular formula is C32H29N3O6S. The average molecular weight is 584 g/mol. The number of anilines is 1. The first kappa shape index (κ1) is 28.6. The van der Waals surface area contributed by atoms with Crippen LogP contribution in [0.25, 0.3) is 6.08 Å². The predicted octanol–water partition coefficient (Wildman–Crippen LogP) is 3.82. The van der Waals surface area contributed by atoms with Crippen LogP contribution in [0.15, 0.2) is 99.9 Å². The normalized spacial score (nSPS) is 14.5. The van der Waals surface area contributed by atoms with E-state index < -0.39 is 12.0 Å². The first-order valence-corrected chi connectivity index (χ1v) is 14.1. The highest BCUT2D eigenvalue weighted by Crippen LogP contribution is 2.31. The number of rotatable bonds is 9. The minimum Gasteiger partial charge on any atom is -0.493 e. The van der Waals surface area contributed by atoms with E-state index in [4.69, 9.17) is 14.2 Å². The SMILES string of the molecule is CCOC(=O)COc1ccc(/C=c2\sc3n(c2=O)[C@H](c2ccccc2)C(C(=O)Nc2ccccc2)=C(C)N=3)cc1OC. The lowest BCUT2D eigenvalue weighted by Gasteiger charge is -2.25. The molecule has 214 valence electrons. The number of nitrogens with zero attached hydrogens (tertiary/aromatic N) is 2. The number of ether oxygens (including phenoxy) is 3. The van der Waals surface area contributed by atoms with Crippen molar-refractivity contribution in [3.63, 3.8) is 0 Å². The number of hydrogen-bond acceptors (Lipinski definition) is 8. The van der Waals surface area contributed by atoms with Crippen LogP contribution in [-0.2, 0) is 14.3 Å². The van der Waals surface area contributed by atoms with E-state index in [9.17, 15) is 14.4 Å². The Hall–Kier alpha value is -4.96. The molecule has 0 radical (unpaired) electrons. The molecule has 5 rings (SSSR count). The van der Waals surface area contributed by atoms with Crippen molar-refractivity contribution in [3.8, 4) is 11.5 Å². The number of aromatic nitrogens is 1. The molecule has 1 atom stereocenters. The molecule has 10 heteroatoms. The molecule has 0 saturated heterocycles. The molecule has 0 bridgehead atoms. The average Bonchev–Trinajstić information content (AvgIpc) is 3.30. The zero-order chi connectivity index (χ0) is 29.6. The summed E-state index contributed by atoms with van der Waals surface area (Å²) in [5.74, 6) is -0.0322. The molecule has 2 heterocycles. The van der Waals surface area contributed by atoms with Crippen LogP contribution in [0.3, 0.4) is 0 Å². The molecule has 1 aliphatic heterocycles. The number of amides is 1. The maximum absolute atomic E-state index is 13.9. The summed E-state index contributed by atoms with van der Waals surface area (Å²) in [5.41, 5.74) is 2.79. The number of carbonyl (C=O) groups excluding carboxylic acids is 2. The van der Waals surface area contributed by atoms with Crippen molar-refractivity contribution < 1.29 is 23.8 Å². The molecule has 3 aromatic carbocycles. The van der Waals surface area contributed by atoms with Gasteiger partial charge in [-0.3, -0.25) is 14.2 Å². The number of nitrogens with one attached hydrogen (secondary N) is 1. The number of para-hydroxylation sites is 1. The molecule has 1 aromatic heterocycles. The first-order chi connectivity index (χ1) is 20.4. The Bertz CT molecular complexity index is 1830. The Labute approximate surface area is 246 Å². The van der Waals surface area contributed by atoms with Gasteiger partial charge < -0.3 is 19.5 Å². The molecular weight excluding hydrogens is 554 g/mol. The van der Waals surface area contributed by atoms with Gasteiger partial charge in [-0.2, -0.15) is 0 Å². The van der Waals surface area contributed by atoms with Crippen LogP contribution in [0.4, 0.5) is 5.69 Å². The second-order valence-electron chi connectivity index (χ2n) is 9.32. The highest BCUT2D eigenvalue weighted by molar-refractivity contribution is 7.07. The summed E-state index contributed by atoms with van der Waals surface area (Å²) in [6.07, 6.45) is 1.74. The fraction of sp³-hybridized carbons (Fsp3) is 0.188. The first-order valence-electron chi connectivity index (χ1n) is 13.3. The summed E-state index contributed by atoms with van der Waals surface area (Å²) in [4.78, 5) is 44.4. The van der Waals surface area contributed by atoms with E-state index in [1.165, 1.54) is 18.4 Å². The molecule has 1 aliphatic rings. The molecule has 4 aromatic rings. The van der Waals surface area contributed by atoms with Crippen molar-refractivity contribution in [2.45, 2.75) is 19.9 Å². The number of esters is 1. The Kier molecular flexibility index (Phi) is 8.63. The van der Waals surface area contributed by atoms with Crippen LogP contribution in [0.5, 0.6) is 11.5 Å². The Morgan fingerprint density at radius 2 is 1.74 bits per heavy atom. The molecule has 0 spiro atoms. The number of fused-ring (bicyclic) bond motifs is 1. The van der Waals surface area contributed by atoms with Crippen LogP contribution in [-0.4, -0.2) is 36.8 Å².